The van der Waals surface area contributed by atoms with Crippen molar-refractivity contribution in [2.24, 2.45) is 0 Å². The highest BCUT2D eigenvalue weighted by Gasteiger charge is 2.23. The lowest BCUT2D eigenvalue weighted by Crippen LogP contribution is -2.37. The van der Waals surface area contributed by atoms with Gasteiger partial charge < -0.3 is 20.5 Å². The normalized spacial score (nSPS) is 13.5. The van der Waals surface area contributed by atoms with E-state index in [1.54, 1.807) is 32.2 Å². The number of nitrogens with one attached hydrogen (secondary N) is 1. The van der Waals surface area contributed by atoms with Gasteiger partial charge in [-0.25, -0.2) is 0 Å². The van der Waals surface area contributed by atoms with E-state index in [1.807, 2.05) is 6.92 Å². The number of carbonyl (C=O) groups excluding carboxylic acids is 1. The number of carbonyl (C=O) groups is 1. The lowest BCUT2D eigenvalue weighted by atomic mass is 10.3. The number of amides is 1. The number of ether oxygens (including phenoxy) is 2. The van der Waals surface area contributed by atoms with Gasteiger partial charge in [-0.15, -0.1) is 0 Å². The summed E-state index contributed by atoms with van der Waals surface area (Å²) in [7, 11) is 0.00231. The van der Waals surface area contributed by atoms with Gasteiger partial charge in [-0.2, -0.15) is 0 Å². The summed E-state index contributed by atoms with van der Waals surface area (Å²) in [6.45, 7) is 4.76. The lowest BCUT2D eigenvalue weighted by Gasteiger charge is -2.14. The van der Waals surface area contributed by atoms with Crippen LogP contribution in [0.3, 0.4) is 0 Å². The summed E-state index contributed by atoms with van der Waals surface area (Å²) in [5.74, 6) is 0.286. The molecular formula is C14H22N2O4S. The molecule has 1 aromatic rings. The van der Waals surface area contributed by atoms with Crippen molar-refractivity contribution in [3.05, 3.63) is 18.2 Å². The maximum Gasteiger partial charge on any atom is 0.235 e. The van der Waals surface area contributed by atoms with Crippen LogP contribution in [0.15, 0.2) is 23.1 Å². The zero-order chi connectivity index (χ0) is 15.8. The first-order chi connectivity index (χ1) is 10.0. The third kappa shape index (κ3) is 5.02. The van der Waals surface area contributed by atoms with E-state index in [1.165, 1.54) is 0 Å². The summed E-state index contributed by atoms with van der Waals surface area (Å²) in [6.07, 6.45) is 0. The SMILES string of the molecule is CCOc1ccc(N)c(S(=O)C(C)C(=O)NCCOC)c1. The van der Waals surface area contributed by atoms with Gasteiger partial charge in [0.25, 0.3) is 0 Å². The molecule has 7 heteroatoms. The van der Waals surface area contributed by atoms with E-state index in [9.17, 15) is 9.00 Å². The minimum Gasteiger partial charge on any atom is -0.494 e. The molecular weight excluding hydrogens is 292 g/mol. The summed E-state index contributed by atoms with van der Waals surface area (Å²) < 4.78 is 22.7. The Morgan fingerprint density at radius 2 is 2.19 bits per heavy atom. The average Bonchev–Trinajstić information content (AvgIpc) is 2.48. The van der Waals surface area contributed by atoms with Crippen LogP contribution in [0, 0.1) is 0 Å². The average molecular weight is 314 g/mol. The Morgan fingerprint density at radius 1 is 1.48 bits per heavy atom. The Kier molecular flexibility index (Phi) is 7.18. The Morgan fingerprint density at radius 3 is 2.81 bits per heavy atom. The Balaban J connectivity index is 2.81. The molecule has 21 heavy (non-hydrogen) atoms. The molecule has 0 aliphatic rings. The van der Waals surface area contributed by atoms with E-state index in [0.717, 1.165) is 0 Å². The van der Waals surface area contributed by atoms with E-state index in [2.05, 4.69) is 5.32 Å². The molecule has 1 amide bonds. The number of methoxy groups -OCH3 is 1. The van der Waals surface area contributed by atoms with Crippen LogP contribution in [-0.4, -0.2) is 42.2 Å². The zero-order valence-corrected chi connectivity index (χ0v) is 13.4. The lowest BCUT2D eigenvalue weighted by molar-refractivity contribution is -0.120. The minimum atomic E-state index is -1.55. The zero-order valence-electron chi connectivity index (χ0n) is 12.5. The van der Waals surface area contributed by atoms with Crippen LogP contribution in [0.25, 0.3) is 0 Å². The molecule has 3 N–H and O–H groups in total. The highest BCUT2D eigenvalue weighted by atomic mass is 32.2. The van der Waals surface area contributed by atoms with Crippen molar-refractivity contribution in [1.82, 2.24) is 5.32 Å². The maximum atomic E-state index is 12.5. The van der Waals surface area contributed by atoms with Crippen LogP contribution >= 0.6 is 0 Å². The molecule has 0 aliphatic carbocycles. The number of nitrogens with two attached hydrogens (primary N) is 1. The summed E-state index contributed by atoms with van der Waals surface area (Å²) in [5, 5.41) is 1.96. The molecule has 0 radical (unpaired) electrons. The van der Waals surface area contributed by atoms with Crippen LogP contribution in [-0.2, 0) is 20.3 Å². The number of anilines is 1. The van der Waals surface area contributed by atoms with Gasteiger partial charge in [-0.05, 0) is 32.0 Å². The number of hydrogen-bond acceptors (Lipinski definition) is 5. The smallest absolute Gasteiger partial charge is 0.235 e. The predicted molar refractivity (Wildman–Crippen MR) is 82.8 cm³/mol. The Hall–Kier alpha value is -1.60. The van der Waals surface area contributed by atoms with Crippen molar-refractivity contribution in [2.45, 2.75) is 24.0 Å². The van der Waals surface area contributed by atoms with Gasteiger partial charge in [0.15, 0.2) is 0 Å². The molecule has 0 saturated heterocycles. The Labute approximate surface area is 127 Å². The van der Waals surface area contributed by atoms with E-state index in [4.69, 9.17) is 15.2 Å². The minimum absolute atomic E-state index is 0.299. The summed E-state index contributed by atoms with van der Waals surface area (Å²) in [5.41, 5.74) is 6.23. The fourth-order valence-corrected chi connectivity index (χ4v) is 2.84. The van der Waals surface area contributed by atoms with Crippen molar-refractivity contribution < 1.29 is 18.5 Å². The van der Waals surface area contributed by atoms with Crippen LogP contribution in [0.1, 0.15) is 13.8 Å². The van der Waals surface area contributed by atoms with Crippen molar-refractivity contribution in [2.75, 3.05) is 32.6 Å². The fourth-order valence-electron chi connectivity index (χ4n) is 1.65. The third-order valence-electron chi connectivity index (χ3n) is 2.81. The second-order valence-corrected chi connectivity index (χ2v) is 6.10. The molecule has 2 unspecified atom stereocenters. The summed E-state index contributed by atoms with van der Waals surface area (Å²) in [4.78, 5) is 12.3. The third-order valence-corrected chi connectivity index (χ3v) is 4.45. The van der Waals surface area contributed by atoms with Gasteiger partial charge in [-0.1, -0.05) is 0 Å². The number of rotatable bonds is 8. The number of hydrogen-bond donors (Lipinski definition) is 2. The maximum absolute atomic E-state index is 12.5. The molecule has 0 fully saturated rings. The van der Waals surface area contributed by atoms with Gasteiger partial charge in [0.2, 0.25) is 5.91 Å². The highest BCUT2D eigenvalue weighted by Crippen LogP contribution is 2.25. The summed E-state index contributed by atoms with van der Waals surface area (Å²) >= 11 is 0. The van der Waals surface area contributed by atoms with E-state index < -0.39 is 16.0 Å². The van der Waals surface area contributed by atoms with E-state index in [-0.39, 0.29) is 5.91 Å². The van der Waals surface area contributed by atoms with Gasteiger partial charge >= 0.3 is 0 Å². The van der Waals surface area contributed by atoms with Crippen LogP contribution < -0.4 is 15.8 Å². The fraction of sp³-hybridized carbons (Fsp3) is 0.500. The molecule has 0 bridgehead atoms. The molecule has 0 aromatic heterocycles. The van der Waals surface area contributed by atoms with Crippen molar-refractivity contribution >= 4 is 22.4 Å². The molecule has 2 atom stereocenters. The van der Waals surface area contributed by atoms with Gasteiger partial charge in [0.1, 0.15) is 11.0 Å². The molecule has 118 valence electrons. The first-order valence-electron chi connectivity index (χ1n) is 6.70. The molecule has 0 saturated carbocycles. The van der Waals surface area contributed by atoms with Crippen molar-refractivity contribution in [3.63, 3.8) is 0 Å². The first-order valence-corrected chi connectivity index (χ1v) is 7.92. The van der Waals surface area contributed by atoms with Crippen molar-refractivity contribution in [3.8, 4) is 5.75 Å². The highest BCUT2D eigenvalue weighted by molar-refractivity contribution is 7.86. The van der Waals surface area contributed by atoms with Gasteiger partial charge in [0, 0.05) is 19.3 Å². The molecule has 0 spiro atoms. The molecule has 0 aliphatic heterocycles. The molecule has 6 nitrogen and oxygen atoms in total. The van der Waals surface area contributed by atoms with Crippen molar-refractivity contribution in [1.29, 1.82) is 0 Å². The second-order valence-electron chi connectivity index (χ2n) is 4.36. The van der Waals surface area contributed by atoms with E-state index in [0.29, 0.717) is 36.1 Å². The second kappa shape index (κ2) is 8.63. The summed E-state index contributed by atoms with van der Waals surface area (Å²) in [6, 6.07) is 4.96. The number of benzene rings is 1. The Bertz CT molecular complexity index is 508. The van der Waals surface area contributed by atoms with Crippen LogP contribution in [0.4, 0.5) is 5.69 Å². The quantitative estimate of drug-likeness (QED) is 0.550. The largest absolute Gasteiger partial charge is 0.494 e. The van der Waals surface area contributed by atoms with Gasteiger partial charge in [0.05, 0.1) is 28.9 Å². The monoisotopic (exact) mass is 314 g/mol. The first kappa shape index (κ1) is 17.5. The standard InChI is InChI=1S/C14H22N2O4S/c1-4-20-11-5-6-12(15)13(9-11)21(18)10(2)14(17)16-7-8-19-3/h5-6,9-10H,4,7-8,15H2,1-3H3,(H,16,17). The number of nitrogen functional groups attached to an aromatic ring is 1. The topological polar surface area (TPSA) is 90.7 Å². The van der Waals surface area contributed by atoms with Gasteiger partial charge in [-0.3, -0.25) is 9.00 Å². The molecule has 1 rings (SSSR count). The van der Waals surface area contributed by atoms with Crippen LogP contribution in [0.2, 0.25) is 0 Å². The molecule has 1 aromatic carbocycles. The van der Waals surface area contributed by atoms with Crippen LogP contribution in [0.5, 0.6) is 5.75 Å². The molecule has 0 heterocycles. The van der Waals surface area contributed by atoms with E-state index >= 15 is 0 Å². The predicted octanol–water partition coefficient (Wildman–Crippen LogP) is 0.926.